The van der Waals surface area contributed by atoms with Crippen molar-refractivity contribution < 1.29 is 4.79 Å². The van der Waals surface area contributed by atoms with Crippen molar-refractivity contribution in [1.82, 2.24) is 19.2 Å². The number of piperazine rings is 1. The molecular weight excluding hydrogens is 502 g/mol. The van der Waals surface area contributed by atoms with Crippen molar-refractivity contribution in [3.05, 3.63) is 81.1 Å². The third kappa shape index (κ3) is 5.63. The number of thioether (sulfide) groups is 1. The lowest BCUT2D eigenvalue weighted by atomic mass is 10.1. The van der Waals surface area contributed by atoms with Gasteiger partial charge in [0, 0.05) is 45.5 Å². The van der Waals surface area contributed by atoms with Gasteiger partial charge in [-0.25, -0.2) is 4.98 Å². The first-order valence-corrected chi connectivity index (χ1v) is 13.9. The molecule has 9 heteroatoms. The van der Waals surface area contributed by atoms with Gasteiger partial charge < -0.3 is 4.90 Å². The molecule has 0 radical (unpaired) electrons. The van der Waals surface area contributed by atoms with E-state index in [9.17, 15) is 9.59 Å². The maximum Gasteiger partial charge on any atom is 0.267 e. The number of nitrogens with zero attached hydrogens (tertiary/aromatic N) is 5. The molecule has 0 atom stereocenters. The number of carbonyl (C=O) groups excluding carboxylic acids is 1. The van der Waals surface area contributed by atoms with Gasteiger partial charge in [-0.3, -0.25) is 23.8 Å². The van der Waals surface area contributed by atoms with Crippen LogP contribution in [0, 0.1) is 5.92 Å². The van der Waals surface area contributed by atoms with Crippen LogP contribution in [0.3, 0.4) is 0 Å². The Morgan fingerprint density at radius 3 is 2.49 bits per heavy atom. The lowest BCUT2D eigenvalue weighted by Crippen LogP contribution is -2.47. The number of hydrogen-bond donors (Lipinski definition) is 0. The van der Waals surface area contributed by atoms with E-state index in [-0.39, 0.29) is 11.5 Å². The molecule has 0 unspecified atom stereocenters. The second-order valence-corrected chi connectivity index (χ2v) is 11.5. The predicted octanol–water partition coefficient (Wildman–Crippen LogP) is 4.26. The number of benzene rings is 1. The zero-order chi connectivity index (χ0) is 25.9. The smallest absolute Gasteiger partial charge is 0.267 e. The van der Waals surface area contributed by atoms with Gasteiger partial charge in [0.05, 0.1) is 10.5 Å². The number of amides is 1. The van der Waals surface area contributed by atoms with Crippen LogP contribution < -0.4 is 10.5 Å². The first kappa shape index (κ1) is 25.6. The van der Waals surface area contributed by atoms with Crippen LogP contribution in [0.15, 0.2) is 64.4 Å². The highest BCUT2D eigenvalue weighted by Crippen LogP contribution is 2.34. The number of pyridine rings is 1. The van der Waals surface area contributed by atoms with E-state index in [2.05, 4.69) is 47.9 Å². The minimum atomic E-state index is -0.181. The fraction of sp³-hybridized carbons (Fsp3) is 0.357. The number of carbonyl (C=O) groups is 1. The van der Waals surface area contributed by atoms with Crippen LogP contribution in [-0.4, -0.2) is 62.1 Å². The Balaban J connectivity index is 1.44. The molecule has 3 aromatic rings. The van der Waals surface area contributed by atoms with Crippen LogP contribution in [0.5, 0.6) is 0 Å². The van der Waals surface area contributed by atoms with Crippen LogP contribution in [0.4, 0.5) is 5.82 Å². The summed E-state index contributed by atoms with van der Waals surface area (Å²) in [6, 6.07) is 16.0. The van der Waals surface area contributed by atoms with Gasteiger partial charge in [0.1, 0.15) is 15.8 Å². The molecule has 4 heterocycles. The zero-order valence-electron chi connectivity index (χ0n) is 21.2. The second-order valence-electron chi connectivity index (χ2n) is 9.85. The van der Waals surface area contributed by atoms with Crippen molar-refractivity contribution in [2.75, 3.05) is 37.6 Å². The summed E-state index contributed by atoms with van der Waals surface area (Å²) < 4.78 is 2.09. The third-order valence-electron chi connectivity index (χ3n) is 6.75. The number of rotatable bonds is 7. The fourth-order valence-corrected chi connectivity index (χ4v) is 5.92. The van der Waals surface area contributed by atoms with Gasteiger partial charge in [-0.1, -0.05) is 74.2 Å². The second kappa shape index (κ2) is 11.2. The van der Waals surface area contributed by atoms with Crippen molar-refractivity contribution >= 4 is 51.7 Å². The molecule has 5 rings (SSSR count). The Morgan fingerprint density at radius 1 is 1.03 bits per heavy atom. The first-order chi connectivity index (χ1) is 17.9. The minimum Gasteiger partial charge on any atom is -0.353 e. The Labute approximate surface area is 226 Å². The highest BCUT2D eigenvalue weighted by molar-refractivity contribution is 8.26. The number of fused-ring (bicyclic) bond motifs is 1. The standard InChI is InChI=1S/C28H31N5O2S2/c1-20(2)11-13-33-27(35)23(37-28(33)36)18-22-25(29-24-10-6-7-12-32(24)26(22)34)31-16-14-30(15-17-31)19-21-8-4-3-5-9-21/h3-10,12,18,20H,11,13-17,19H2,1-2H3/b23-18-. The van der Waals surface area contributed by atoms with Gasteiger partial charge in [0.2, 0.25) is 0 Å². The van der Waals surface area contributed by atoms with Gasteiger partial charge in [-0.15, -0.1) is 0 Å². The first-order valence-electron chi connectivity index (χ1n) is 12.7. The van der Waals surface area contributed by atoms with Crippen molar-refractivity contribution in [3.8, 4) is 0 Å². The summed E-state index contributed by atoms with van der Waals surface area (Å²) in [6.45, 7) is 8.96. The summed E-state index contributed by atoms with van der Waals surface area (Å²) in [5.74, 6) is 0.963. The summed E-state index contributed by atoms with van der Waals surface area (Å²) in [5.41, 5.74) is 2.14. The molecule has 0 saturated carbocycles. The Kier molecular flexibility index (Phi) is 7.73. The van der Waals surface area contributed by atoms with Crippen LogP contribution in [0.25, 0.3) is 11.7 Å². The number of hydrogen-bond acceptors (Lipinski definition) is 7. The molecule has 0 aliphatic carbocycles. The van der Waals surface area contributed by atoms with Crippen molar-refractivity contribution in [1.29, 1.82) is 0 Å². The fourth-order valence-electron chi connectivity index (χ4n) is 4.63. The molecular formula is C28H31N5O2S2. The predicted molar refractivity (Wildman–Crippen MR) is 155 cm³/mol. The van der Waals surface area contributed by atoms with E-state index >= 15 is 0 Å². The van der Waals surface area contributed by atoms with Crippen LogP contribution >= 0.6 is 24.0 Å². The van der Waals surface area contributed by atoms with Crippen molar-refractivity contribution in [3.63, 3.8) is 0 Å². The van der Waals surface area contributed by atoms with Crippen molar-refractivity contribution in [2.45, 2.75) is 26.8 Å². The van der Waals surface area contributed by atoms with Crippen LogP contribution in [0.1, 0.15) is 31.4 Å². The lowest BCUT2D eigenvalue weighted by Gasteiger charge is -2.36. The Bertz CT molecular complexity index is 1390. The van der Waals surface area contributed by atoms with Gasteiger partial charge in [-0.2, -0.15) is 0 Å². The summed E-state index contributed by atoms with van der Waals surface area (Å²) >= 11 is 6.78. The molecule has 192 valence electrons. The quantitative estimate of drug-likeness (QED) is 0.332. The molecule has 2 saturated heterocycles. The topological polar surface area (TPSA) is 61.2 Å². The third-order valence-corrected chi connectivity index (χ3v) is 8.13. The zero-order valence-corrected chi connectivity index (χ0v) is 22.8. The summed E-state index contributed by atoms with van der Waals surface area (Å²) in [6.07, 6.45) is 4.30. The monoisotopic (exact) mass is 533 g/mol. The van der Waals surface area contributed by atoms with Crippen molar-refractivity contribution in [2.24, 2.45) is 5.92 Å². The lowest BCUT2D eigenvalue weighted by molar-refractivity contribution is -0.122. The summed E-state index contributed by atoms with van der Waals surface area (Å²) in [4.78, 5) is 38.5. The van der Waals surface area contributed by atoms with E-state index in [1.165, 1.54) is 17.3 Å². The molecule has 0 N–H and O–H groups in total. The Morgan fingerprint density at radius 2 is 1.76 bits per heavy atom. The van der Waals surface area contributed by atoms with E-state index in [0.717, 1.165) is 39.1 Å². The average molecular weight is 534 g/mol. The number of thiocarbonyl (C=S) groups is 1. The largest absolute Gasteiger partial charge is 0.353 e. The number of anilines is 1. The molecule has 37 heavy (non-hydrogen) atoms. The molecule has 1 amide bonds. The van der Waals surface area contributed by atoms with Gasteiger partial charge in [0.25, 0.3) is 11.5 Å². The maximum absolute atomic E-state index is 13.6. The maximum atomic E-state index is 13.6. The highest BCUT2D eigenvalue weighted by atomic mass is 32.2. The molecule has 2 fully saturated rings. The van der Waals surface area contributed by atoms with Crippen LogP contribution in [-0.2, 0) is 11.3 Å². The highest BCUT2D eigenvalue weighted by Gasteiger charge is 2.33. The molecule has 2 aliphatic rings. The van der Waals surface area contributed by atoms with Crippen LogP contribution in [0.2, 0.25) is 0 Å². The van der Waals surface area contributed by atoms with E-state index in [1.54, 1.807) is 21.6 Å². The molecule has 0 bridgehead atoms. The normalized spacial score (nSPS) is 18.1. The molecule has 1 aromatic carbocycles. The average Bonchev–Trinajstić information content (AvgIpc) is 3.17. The minimum absolute atomic E-state index is 0.133. The number of aromatic nitrogens is 2. The van der Waals surface area contributed by atoms with Gasteiger partial charge in [-0.05, 0) is 36.1 Å². The van der Waals surface area contributed by atoms with Gasteiger partial charge >= 0.3 is 0 Å². The van der Waals surface area contributed by atoms with E-state index in [1.807, 2.05) is 24.3 Å². The van der Waals surface area contributed by atoms with E-state index in [4.69, 9.17) is 17.2 Å². The molecule has 7 nitrogen and oxygen atoms in total. The van der Waals surface area contributed by atoms with E-state index in [0.29, 0.717) is 38.7 Å². The van der Waals surface area contributed by atoms with Gasteiger partial charge in [0.15, 0.2) is 0 Å². The molecule has 0 spiro atoms. The molecule has 2 aliphatic heterocycles. The summed E-state index contributed by atoms with van der Waals surface area (Å²) in [7, 11) is 0. The Hall–Kier alpha value is -3.01. The SMILES string of the molecule is CC(C)CCN1C(=O)/C(=C/c2c(N3CCN(Cc4ccccc4)CC3)nc3ccccn3c2=O)SC1=S. The van der Waals surface area contributed by atoms with E-state index < -0.39 is 0 Å². The molecule has 2 aromatic heterocycles. The summed E-state index contributed by atoms with van der Waals surface area (Å²) in [5, 5.41) is 0.